The van der Waals surface area contributed by atoms with Crippen LogP contribution in [0.5, 0.6) is 0 Å². The lowest BCUT2D eigenvalue weighted by Crippen LogP contribution is -2.43. The second-order valence-corrected chi connectivity index (χ2v) is 5.51. The summed E-state index contributed by atoms with van der Waals surface area (Å²) in [5.41, 5.74) is 1.88. The van der Waals surface area contributed by atoms with Crippen LogP contribution in [0.3, 0.4) is 0 Å². The maximum atomic E-state index is 12.0. The standard InChI is InChI=1S/C14H21N5O/c20-14(16-7-6-11-4-2-1-3-5-11)13-10-19(18-17-13)12-8-15-9-12/h4,10,12,15H,1-3,5-9H2,(H,16,20). The molecule has 1 saturated heterocycles. The van der Waals surface area contributed by atoms with Crippen LogP contribution in [-0.4, -0.2) is 40.5 Å². The van der Waals surface area contributed by atoms with Crippen LogP contribution in [0.1, 0.15) is 48.6 Å². The maximum absolute atomic E-state index is 12.0. The quantitative estimate of drug-likeness (QED) is 0.788. The molecule has 0 unspecified atom stereocenters. The van der Waals surface area contributed by atoms with E-state index in [-0.39, 0.29) is 5.91 Å². The first kappa shape index (κ1) is 13.3. The normalized spacial score (nSPS) is 19.3. The van der Waals surface area contributed by atoms with E-state index < -0.39 is 0 Å². The van der Waals surface area contributed by atoms with Gasteiger partial charge < -0.3 is 10.6 Å². The minimum absolute atomic E-state index is 0.125. The molecule has 2 heterocycles. The van der Waals surface area contributed by atoms with E-state index in [1.807, 2.05) is 0 Å². The van der Waals surface area contributed by atoms with E-state index >= 15 is 0 Å². The fourth-order valence-electron chi connectivity index (χ4n) is 2.58. The van der Waals surface area contributed by atoms with Crippen LogP contribution in [0.4, 0.5) is 0 Å². The summed E-state index contributed by atoms with van der Waals surface area (Å²) in [5, 5.41) is 14.1. The Morgan fingerprint density at radius 2 is 2.35 bits per heavy atom. The number of hydrogen-bond donors (Lipinski definition) is 2. The topological polar surface area (TPSA) is 71.8 Å². The number of aromatic nitrogens is 3. The van der Waals surface area contributed by atoms with Crippen molar-refractivity contribution in [2.24, 2.45) is 0 Å². The van der Waals surface area contributed by atoms with E-state index in [1.54, 1.807) is 10.9 Å². The van der Waals surface area contributed by atoms with Crippen molar-refractivity contribution in [1.82, 2.24) is 25.6 Å². The lowest BCUT2D eigenvalue weighted by molar-refractivity contribution is 0.0949. The SMILES string of the molecule is O=C(NCCC1=CCCCC1)c1cn(C2CNC2)nn1. The van der Waals surface area contributed by atoms with Gasteiger partial charge in [-0.2, -0.15) is 0 Å². The molecule has 0 bridgehead atoms. The average molecular weight is 275 g/mol. The van der Waals surface area contributed by atoms with E-state index in [1.165, 1.54) is 31.3 Å². The molecule has 0 spiro atoms. The van der Waals surface area contributed by atoms with Gasteiger partial charge in [-0.1, -0.05) is 16.9 Å². The first-order valence-electron chi connectivity index (χ1n) is 7.41. The Kier molecular flexibility index (Phi) is 4.11. The molecule has 6 nitrogen and oxygen atoms in total. The van der Waals surface area contributed by atoms with Crippen molar-refractivity contribution in [3.8, 4) is 0 Å². The Bertz CT molecular complexity index is 503. The van der Waals surface area contributed by atoms with E-state index in [4.69, 9.17) is 0 Å². The summed E-state index contributed by atoms with van der Waals surface area (Å²) in [6.45, 7) is 2.49. The van der Waals surface area contributed by atoms with Crippen LogP contribution in [0.15, 0.2) is 17.8 Å². The average Bonchev–Trinajstić information content (AvgIpc) is 2.87. The Balaban J connectivity index is 1.46. The van der Waals surface area contributed by atoms with Crippen LogP contribution in [0, 0.1) is 0 Å². The number of amides is 1. The molecular weight excluding hydrogens is 254 g/mol. The van der Waals surface area contributed by atoms with Gasteiger partial charge in [0.2, 0.25) is 0 Å². The molecule has 1 amide bonds. The smallest absolute Gasteiger partial charge is 0.273 e. The summed E-state index contributed by atoms with van der Waals surface area (Å²) < 4.78 is 1.77. The molecule has 1 fully saturated rings. The van der Waals surface area contributed by atoms with Crippen LogP contribution >= 0.6 is 0 Å². The zero-order chi connectivity index (χ0) is 13.8. The number of hydrogen-bond acceptors (Lipinski definition) is 4. The fraction of sp³-hybridized carbons (Fsp3) is 0.643. The lowest BCUT2D eigenvalue weighted by atomic mass is 9.97. The van der Waals surface area contributed by atoms with Gasteiger partial charge in [0.1, 0.15) is 0 Å². The van der Waals surface area contributed by atoms with Crippen LogP contribution in [-0.2, 0) is 0 Å². The number of carbonyl (C=O) groups is 1. The van der Waals surface area contributed by atoms with Gasteiger partial charge in [0, 0.05) is 19.6 Å². The molecule has 0 radical (unpaired) electrons. The van der Waals surface area contributed by atoms with E-state index in [0.29, 0.717) is 18.3 Å². The van der Waals surface area contributed by atoms with Crippen molar-refractivity contribution in [3.05, 3.63) is 23.5 Å². The number of nitrogens with zero attached hydrogens (tertiary/aromatic N) is 3. The van der Waals surface area contributed by atoms with Gasteiger partial charge in [-0.05, 0) is 32.1 Å². The first-order chi connectivity index (χ1) is 9.83. The molecule has 0 saturated carbocycles. The van der Waals surface area contributed by atoms with Gasteiger partial charge in [-0.25, -0.2) is 4.68 Å². The third kappa shape index (κ3) is 3.07. The predicted octanol–water partition coefficient (Wildman–Crippen LogP) is 1.04. The highest BCUT2D eigenvalue weighted by molar-refractivity contribution is 5.91. The van der Waals surface area contributed by atoms with Gasteiger partial charge in [0.15, 0.2) is 5.69 Å². The summed E-state index contributed by atoms with van der Waals surface area (Å²) in [4.78, 5) is 12.0. The molecule has 1 aromatic heterocycles. The second kappa shape index (κ2) is 6.17. The van der Waals surface area contributed by atoms with Crippen molar-refractivity contribution in [2.75, 3.05) is 19.6 Å². The van der Waals surface area contributed by atoms with E-state index in [0.717, 1.165) is 19.5 Å². The van der Waals surface area contributed by atoms with Gasteiger partial charge in [-0.3, -0.25) is 4.79 Å². The molecule has 2 aliphatic rings. The summed E-state index contributed by atoms with van der Waals surface area (Å²) in [6, 6.07) is 0.344. The van der Waals surface area contributed by atoms with Crippen LogP contribution in [0.25, 0.3) is 0 Å². The summed E-state index contributed by atoms with van der Waals surface area (Å²) >= 11 is 0. The largest absolute Gasteiger partial charge is 0.350 e. The molecular formula is C14H21N5O. The highest BCUT2D eigenvalue weighted by Gasteiger charge is 2.21. The van der Waals surface area contributed by atoms with E-state index in [2.05, 4.69) is 27.0 Å². The van der Waals surface area contributed by atoms with Gasteiger partial charge >= 0.3 is 0 Å². The molecule has 1 aromatic rings. The van der Waals surface area contributed by atoms with Crippen molar-refractivity contribution >= 4 is 5.91 Å². The Morgan fingerprint density at radius 3 is 3.05 bits per heavy atom. The van der Waals surface area contributed by atoms with Gasteiger partial charge in [0.25, 0.3) is 5.91 Å². The zero-order valence-corrected chi connectivity index (χ0v) is 11.6. The third-order valence-corrected chi connectivity index (χ3v) is 3.99. The number of allylic oxidation sites excluding steroid dienone is 1. The molecule has 20 heavy (non-hydrogen) atoms. The Labute approximate surface area is 118 Å². The Morgan fingerprint density at radius 1 is 1.45 bits per heavy atom. The first-order valence-corrected chi connectivity index (χ1v) is 7.41. The number of carbonyl (C=O) groups excluding carboxylic acids is 1. The molecule has 6 heteroatoms. The van der Waals surface area contributed by atoms with Crippen molar-refractivity contribution in [3.63, 3.8) is 0 Å². The fourth-order valence-corrected chi connectivity index (χ4v) is 2.58. The molecule has 0 atom stereocenters. The molecule has 108 valence electrons. The number of rotatable bonds is 5. The van der Waals surface area contributed by atoms with Gasteiger partial charge in [0.05, 0.1) is 12.2 Å². The molecule has 0 aromatic carbocycles. The van der Waals surface area contributed by atoms with Crippen molar-refractivity contribution in [1.29, 1.82) is 0 Å². The monoisotopic (exact) mass is 275 g/mol. The molecule has 1 aliphatic heterocycles. The van der Waals surface area contributed by atoms with Gasteiger partial charge in [-0.15, -0.1) is 5.10 Å². The van der Waals surface area contributed by atoms with E-state index in [9.17, 15) is 4.79 Å². The highest BCUT2D eigenvalue weighted by atomic mass is 16.2. The summed E-state index contributed by atoms with van der Waals surface area (Å²) in [5.74, 6) is -0.125. The summed E-state index contributed by atoms with van der Waals surface area (Å²) in [7, 11) is 0. The minimum atomic E-state index is -0.125. The van der Waals surface area contributed by atoms with Crippen LogP contribution in [0.2, 0.25) is 0 Å². The molecule has 1 aliphatic carbocycles. The lowest BCUT2D eigenvalue weighted by Gasteiger charge is -2.26. The minimum Gasteiger partial charge on any atom is -0.350 e. The maximum Gasteiger partial charge on any atom is 0.273 e. The number of nitrogens with one attached hydrogen (secondary N) is 2. The highest BCUT2D eigenvalue weighted by Crippen LogP contribution is 2.19. The van der Waals surface area contributed by atoms with Crippen molar-refractivity contribution < 1.29 is 4.79 Å². The predicted molar refractivity (Wildman–Crippen MR) is 75.4 cm³/mol. The third-order valence-electron chi connectivity index (χ3n) is 3.99. The van der Waals surface area contributed by atoms with Crippen molar-refractivity contribution in [2.45, 2.75) is 38.1 Å². The second-order valence-electron chi connectivity index (χ2n) is 5.51. The summed E-state index contributed by atoms with van der Waals surface area (Å²) in [6.07, 6.45) is 9.95. The molecule has 2 N–H and O–H groups in total. The zero-order valence-electron chi connectivity index (χ0n) is 11.6. The molecule has 3 rings (SSSR count). The Hall–Kier alpha value is -1.69. The van der Waals surface area contributed by atoms with Crippen LogP contribution < -0.4 is 10.6 Å².